The zero-order valence-corrected chi connectivity index (χ0v) is 15.0. The molecule has 1 heterocycles. The Balaban J connectivity index is 1.49. The van der Waals surface area contributed by atoms with Crippen molar-refractivity contribution >= 4 is 5.91 Å². The summed E-state index contributed by atoms with van der Waals surface area (Å²) in [5.74, 6) is 0.0989. The number of likely N-dealkylation sites (N-methyl/N-ethyl adjacent to an activating group) is 1. The number of H-pyrrole nitrogens is 1. The Morgan fingerprint density at radius 2 is 1.96 bits per heavy atom. The minimum atomic E-state index is -0.637. The third-order valence-corrected chi connectivity index (χ3v) is 5.16. The fraction of sp³-hybridized carbons (Fsp3) is 0.500. The second-order valence-electron chi connectivity index (χ2n) is 7.19. The van der Waals surface area contributed by atoms with Crippen molar-refractivity contribution in [2.24, 2.45) is 5.73 Å². The van der Waals surface area contributed by atoms with Crippen LogP contribution in [-0.2, 0) is 11.2 Å². The fourth-order valence-electron chi connectivity index (χ4n) is 3.63. The summed E-state index contributed by atoms with van der Waals surface area (Å²) in [5.41, 5.74) is 8.88. The lowest BCUT2D eigenvalue weighted by atomic mass is 9.81. The number of nitrogens with one attached hydrogen (secondary N) is 1. The van der Waals surface area contributed by atoms with Crippen LogP contribution in [0.2, 0.25) is 0 Å². The van der Waals surface area contributed by atoms with E-state index >= 15 is 0 Å². The number of nitrogens with zero attached hydrogens (tertiary/aromatic N) is 2. The summed E-state index contributed by atoms with van der Waals surface area (Å²) in [6, 6.07) is 12.2. The first-order chi connectivity index (χ1) is 12.1. The highest BCUT2D eigenvalue weighted by Crippen LogP contribution is 2.27. The lowest BCUT2D eigenvalue weighted by Gasteiger charge is -2.35. The molecule has 1 aliphatic carbocycles. The molecule has 0 atom stereocenters. The summed E-state index contributed by atoms with van der Waals surface area (Å²) in [4.78, 5) is 14.4. The minimum Gasteiger partial charge on any atom is -0.344 e. The molecule has 0 unspecified atom stereocenters. The molecular weight excluding hydrogens is 312 g/mol. The normalized spacial score (nSPS) is 16.6. The number of hydrogen-bond donors (Lipinski definition) is 2. The Hall–Kier alpha value is -2.14. The Kier molecular flexibility index (Phi) is 5.53. The Labute approximate surface area is 149 Å². The highest BCUT2D eigenvalue weighted by atomic mass is 16.2. The highest BCUT2D eigenvalue weighted by molar-refractivity contribution is 5.86. The number of carbonyl (C=O) groups is 1. The van der Waals surface area contributed by atoms with Crippen molar-refractivity contribution in [3.8, 4) is 11.3 Å². The molecule has 0 radical (unpaired) electrons. The Morgan fingerprint density at radius 3 is 2.68 bits per heavy atom. The summed E-state index contributed by atoms with van der Waals surface area (Å²) < 4.78 is 0. The molecule has 0 saturated heterocycles. The number of rotatable bonds is 6. The maximum atomic E-state index is 12.6. The van der Waals surface area contributed by atoms with Crippen molar-refractivity contribution in [1.82, 2.24) is 15.1 Å². The first kappa shape index (κ1) is 17.7. The number of amides is 1. The first-order valence-electron chi connectivity index (χ1n) is 9.23. The zero-order valence-electron chi connectivity index (χ0n) is 15.0. The van der Waals surface area contributed by atoms with Gasteiger partial charge in [-0.25, -0.2) is 0 Å². The van der Waals surface area contributed by atoms with Gasteiger partial charge in [-0.15, -0.1) is 0 Å². The minimum absolute atomic E-state index is 0.0989. The Morgan fingerprint density at radius 1 is 1.24 bits per heavy atom. The average molecular weight is 340 g/mol. The van der Waals surface area contributed by atoms with Gasteiger partial charge in [0.15, 0.2) is 0 Å². The van der Waals surface area contributed by atoms with Crippen LogP contribution in [-0.4, -0.2) is 40.1 Å². The van der Waals surface area contributed by atoms with Crippen LogP contribution in [0.3, 0.4) is 0 Å². The third kappa shape index (κ3) is 4.28. The Bertz CT molecular complexity index is 689. The number of aromatic amines is 1. The van der Waals surface area contributed by atoms with Crippen molar-refractivity contribution in [3.63, 3.8) is 0 Å². The predicted octanol–water partition coefficient (Wildman–Crippen LogP) is 3.13. The molecule has 1 fully saturated rings. The molecular formula is C20H28N4O. The van der Waals surface area contributed by atoms with E-state index in [0.717, 1.165) is 62.0 Å². The number of hydrogen-bond acceptors (Lipinski definition) is 3. The molecule has 25 heavy (non-hydrogen) atoms. The van der Waals surface area contributed by atoms with Crippen LogP contribution in [0.1, 0.15) is 44.2 Å². The second-order valence-corrected chi connectivity index (χ2v) is 7.19. The SMILES string of the molecule is CN(CCCc1cc(-c2ccccc2)n[nH]1)C(=O)C1(N)CCCCC1. The molecule has 0 bridgehead atoms. The van der Waals surface area contributed by atoms with Crippen molar-refractivity contribution in [3.05, 3.63) is 42.1 Å². The van der Waals surface area contributed by atoms with Gasteiger partial charge in [-0.2, -0.15) is 5.10 Å². The number of nitrogens with two attached hydrogens (primary N) is 1. The van der Waals surface area contributed by atoms with Gasteiger partial charge in [0.05, 0.1) is 11.2 Å². The molecule has 1 aromatic carbocycles. The molecule has 3 rings (SSSR count). The van der Waals surface area contributed by atoms with Crippen molar-refractivity contribution in [1.29, 1.82) is 0 Å². The average Bonchev–Trinajstić information content (AvgIpc) is 3.11. The van der Waals surface area contributed by atoms with Gasteiger partial charge in [0, 0.05) is 24.8 Å². The quantitative estimate of drug-likeness (QED) is 0.848. The number of aromatic nitrogens is 2. The van der Waals surface area contributed by atoms with Crippen LogP contribution in [0.5, 0.6) is 0 Å². The van der Waals surface area contributed by atoms with Gasteiger partial charge in [0.25, 0.3) is 0 Å². The van der Waals surface area contributed by atoms with Crippen LogP contribution in [0.25, 0.3) is 11.3 Å². The van der Waals surface area contributed by atoms with Crippen molar-refractivity contribution in [2.45, 2.75) is 50.5 Å². The van der Waals surface area contributed by atoms with Crippen molar-refractivity contribution < 1.29 is 4.79 Å². The van der Waals surface area contributed by atoms with Gasteiger partial charge < -0.3 is 10.6 Å². The first-order valence-corrected chi connectivity index (χ1v) is 9.23. The fourth-order valence-corrected chi connectivity index (χ4v) is 3.63. The molecule has 5 nitrogen and oxygen atoms in total. The molecule has 2 aromatic rings. The van der Waals surface area contributed by atoms with E-state index in [1.165, 1.54) is 6.42 Å². The van der Waals surface area contributed by atoms with E-state index in [1.54, 1.807) is 4.90 Å². The van der Waals surface area contributed by atoms with E-state index < -0.39 is 5.54 Å². The van der Waals surface area contributed by atoms with Crippen LogP contribution < -0.4 is 5.73 Å². The maximum Gasteiger partial charge on any atom is 0.242 e. The lowest BCUT2D eigenvalue weighted by molar-refractivity contribution is -0.136. The van der Waals surface area contributed by atoms with E-state index in [9.17, 15) is 4.79 Å². The molecule has 1 saturated carbocycles. The van der Waals surface area contributed by atoms with Gasteiger partial charge in [0.1, 0.15) is 0 Å². The monoisotopic (exact) mass is 340 g/mol. The molecule has 1 aliphatic rings. The van der Waals surface area contributed by atoms with E-state index in [4.69, 9.17) is 5.73 Å². The summed E-state index contributed by atoms with van der Waals surface area (Å²) in [6.45, 7) is 0.720. The molecule has 3 N–H and O–H groups in total. The van der Waals surface area contributed by atoms with Crippen LogP contribution in [0.4, 0.5) is 0 Å². The van der Waals surface area contributed by atoms with E-state index in [-0.39, 0.29) is 5.91 Å². The zero-order chi connectivity index (χ0) is 17.7. The predicted molar refractivity (Wildman–Crippen MR) is 100.0 cm³/mol. The smallest absolute Gasteiger partial charge is 0.242 e. The number of aryl methyl sites for hydroxylation is 1. The van der Waals surface area contributed by atoms with E-state index in [0.29, 0.717) is 0 Å². The molecule has 5 heteroatoms. The highest BCUT2D eigenvalue weighted by Gasteiger charge is 2.36. The molecule has 0 aliphatic heterocycles. The summed E-state index contributed by atoms with van der Waals surface area (Å²) in [6.07, 6.45) is 6.72. The molecule has 134 valence electrons. The second kappa shape index (κ2) is 7.83. The van der Waals surface area contributed by atoms with E-state index in [1.807, 2.05) is 25.2 Å². The topological polar surface area (TPSA) is 75.0 Å². The van der Waals surface area contributed by atoms with Gasteiger partial charge >= 0.3 is 0 Å². The lowest BCUT2D eigenvalue weighted by Crippen LogP contribution is -2.55. The van der Waals surface area contributed by atoms with Crippen molar-refractivity contribution in [2.75, 3.05) is 13.6 Å². The van der Waals surface area contributed by atoms with Crippen LogP contribution >= 0.6 is 0 Å². The summed E-state index contributed by atoms with van der Waals surface area (Å²) >= 11 is 0. The number of carbonyl (C=O) groups excluding carboxylic acids is 1. The van der Waals surface area contributed by atoms with Gasteiger partial charge in [-0.1, -0.05) is 49.6 Å². The van der Waals surface area contributed by atoms with Gasteiger partial charge in [-0.3, -0.25) is 9.89 Å². The van der Waals surface area contributed by atoms with Crippen LogP contribution in [0.15, 0.2) is 36.4 Å². The summed E-state index contributed by atoms with van der Waals surface area (Å²) in [7, 11) is 1.87. The standard InChI is InChI=1S/C20H28N4O/c1-24(19(25)20(21)12-6-3-7-13-20)14-8-11-17-15-18(23-22-17)16-9-4-2-5-10-16/h2,4-5,9-10,15H,3,6-8,11-14,21H2,1H3,(H,22,23). The van der Waals surface area contributed by atoms with Gasteiger partial charge in [0.2, 0.25) is 5.91 Å². The third-order valence-electron chi connectivity index (χ3n) is 5.16. The van der Waals surface area contributed by atoms with E-state index in [2.05, 4.69) is 28.4 Å². The van der Waals surface area contributed by atoms with Gasteiger partial charge in [-0.05, 0) is 31.7 Å². The molecule has 1 aromatic heterocycles. The number of benzene rings is 1. The largest absolute Gasteiger partial charge is 0.344 e. The molecule has 1 amide bonds. The summed E-state index contributed by atoms with van der Waals surface area (Å²) in [5, 5.41) is 7.48. The maximum absolute atomic E-state index is 12.6. The van der Waals surface area contributed by atoms with Crippen LogP contribution in [0, 0.1) is 0 Å². The molecule has 0 spiro atoms.